The lowest BCUT2D eigenvalue weighted by atomic mass is 9.94. The standard InChI is InChI=1S/C13H23NO2S/c1-12(2,3)6-7-13(4,5)14-8-10-17(15,16)11-9-14/h8-11H2,1-5H3. The Kier molecular flexibility index (Phi) is 3.95. The minimum Gasteiger partial charge on any atom is -0.286 e. The van der Waals surface area contributed by atoms with Crippen LogP contribution < -0.4 is 0 Å². The van der Waals surface area contributed by atoms with Gasteiger partial charge in [-0.2, -0.15) is 0 Å². The van der Waals surface area contributed by atoms with Crippen LogP contribution in [-0.4, -0.2) is 43.5 Å². The maximum Gasteiger partial charge on any atom is 0.152 e. The van der Waals surface area contributed by atoms with Gasteiger partial charge in [0, 0.05) is 18.5 Å². The molecule has 0 spiro atoms. The van der Waals surface area contributed by atoms with E-state index in [9.17, 15) is 8.42 Å². The van der Waals surface area contributed by atoms with Gasteiger partial charge in [-0.25, -0.2) is 8.42 Å². The monoisotopic (exact) mass is 257 g/mol. The molecular weight excluding hydrogens is 234 g/mol. The van der Waals surface area contributed by atoms with Crippen LogP contribution in [0, 0.1) is 17.3 Å². The fourth-order valence-electron chi connectivity index (χ4n) is 1.69. The SMILES string of the molecule is CC(C)(C)C#CC(C)(C)N1CCS(=O)(=O)CC1. The summed E-state index contributed by atoms with van der Waals surface area (Å²) in [5.74, 6) is 7.03. The van der Waals surface area contributed by atoms with E-state index < -0.39 is 9.84 Å². The third-order valence-corrected chi connectivity index (χ3v) is 4.49. The Balaban J connectivity index is 2.75. The van der Waals surface area contributed by atoms with E-state index in [2.05, 4.69) is 51.4 Å². The van der Waals surface area contributed by atoms with Crippen LogP contribution in [0.5, 0.6) is 0 Å². The summed E-state index contributed by atoms with van der Waals surface area (Å²) in [6.45, 7) is 11.5. The van der Waals surface area contributed by atoms with E-state index in [1.165, 1.54) is 0 Å². The quantitative estimate of drug-likeness (QED) is 0.669. The highest BCUT2D eigenvalue weighted by Gasteiger charge is 2.31. The lowest BCUT2D eigenvalue weighted by Crippen LogP contribution is -2.51. The lowest BCUT2D eigenvalue weighted by molar-refractivity contribution is 0.184. The van der Waals surface area contributed by atoms with Gasteiger partial charge in [0.25, 0.3) is 0 Å². The zero-order chi connectivity index (χ0) is 13.3. The van der Waals surface area contributed by atoms with Gasteiger partial charge in [-0.05, 0) is 34.6 Å². The predicted octanol–water partition coefficient (Wildman–Crippen LogP) is 1.54. The van der Waals surface area contributed by atoms with Crippen molar-refractivity contribution >= 4 is 9.84 Å². The van der Waals surface area contributed by atoms with Crippen molar-refractivity contribution < 1.29 is 8.42 Å². The first-order chi connectivity index (χ1) is 7.52. The predicted molar refractivity (Wildman–Crippen MR) is 71.5 cm³/mol. The van der Waals surface area contributed by atoms with E-state index in [4.69, 9.17) is 0 Å². The summed E-state index contributed by atoms with van der Waals surface area (Å²) in [7, 11) is -2.81. The molecule has 1 aliphatic heterocycles. The Morgan fingerprint density at radius 3 is 1.82 bits per heavy atom. The second kappa shape index (κ2) is 4.62. The lowest BCUT2D eigenvalue weighted by Gasteiger charge is -2.37. The largest absolute Gasteiger partial charge is 0.286 e. The molecule has 4 heteroatoms. The van der Waals surface area contributed by atoms with Gasteiger partial charge in [0.05, 0.1) is 17.0 Å². The van der Waals surface area contributed by atoms with Gasteiger partial charge in [-0.15, -0.1) is 0 Å². The molecule has 0 amide bonds. The number of hydrogen-bond donors (Lipinski definition) is 0. The summed E-state index contributed by atoms with van der Waals surface area (Å²) in [4.78, 5) is 2.16. The fraction of sp³-hybridized carbons (Fsp3) is 0.846. The first-order valence-electron chi connectivity index (χ1n) is 6.02. The smallest absolute Gasteiger partial charge is 0.152 e. The van der Waals surface area contributed by atoms with Crippen molar-refractivity contribution in [1.82, 2.24) is 4.90 Å². The van der Waals surface area contributed by atoms with Gasteiger partial charge in [0.15, 0.2) is 9.84 Å². The summed E-state index contributed by atoms with van der Waals surface area (Å²) >= 11 is 0. The van der Waals surface area contributed by atoms with Crippen LogP contribution in [0.3, 0.4) is 0 Å². The Hall–Kier alpha value is -0.530. The first kappa shape index (κ1) is 14.5. The van der Waals surface area contributed by atoms with Crippen molar-refractivity contribution in [1.29, 1.82) is 0 Å². The third kappa shape index (κ3) is 4.69. The molecule has 1 fully saturated rings. The Bertz CT molecular complexity index is 418. The zero-order valence-electron chi connectivity index (χ0n) is 11.5. The molecule has 17 heavy (non-hydrogen) atoms. The molecule has 1 heterocycles. The van der Waals surface area contributed by atoms with Crippen LogP contribution in [0.15, 0.2) is 0 Å². The van der Waals surface area contributed by atoms with E-state index in [-0.39, 0.29) is 22.5 Å². The highest BCUT2D eigenvalue weighted by molar-refractivity contribution is 7.91. The van der Waals surface area contributed by atoms with Crippen molar-refractivity contribution in [2.24, 2.45) is 5.41 Å². The van der Waals surface area contributed by atoms with Gasteiger partial charge in [-0.3, -0.25) is 4.90 Å². The van der Waals surface area contributed by atoms with E-state index in [0.29, 0.717) is 13.1 Å². The maximum absolute atomic E-state index is 11.4. The van der Waals surface area contributed by atoms with Crippen LogP contribution in [0.25, 0.3) is 0 Å². The molecule has 0 aliphatic carbocycles. The second-order valence-electron chi connectivity index (χ2n) is 6.20. The summed E-state index contributed by atoms with van der Waals surface area (Å²) in [5, 5.41) is 0. The molecule has 0 aromatic heterocycles. The van der Waals surface area contributed by atoms with E-state index in [1.807, 2.05) is 0 Å². The molecule has 0 unspecified atom stereocenters. The molecule has 1 saturated heterocycles. The highest BCUT2D eigenvalue weighted by Crippen LogP contribution is 2.19. The van der Waals surface area contributed by atoms with Gasteiger partial charge >= 0.3 is 0 Å². The van der Waals surface area contributed by atoms with E-state index in [1.54, 1.807) is 0 Å². The zero-order valence-corrected chi connectivity index (χ0v) is 12.3. The number of sulfone groups is 1. The average Bonchev–Trinajstić information content (AvgIpc) is 2.13. The summed E-state index contributed by atoms with van der Waals surface area (Å²) in [5.41, 5.74) is -0.262. The Labute approximate surface area is 105 Å². The molecular formula is C13H23NO2S. The molecule has 1 aliphatic rings. The van der Waals surface area contributed by atoms with Gasteiger partial charge in [0.1, 0.15) is 0 Å². The second-order valence-corrected chi connectivity index (χ2v) is 8.50. The van der Waals surface area contributed by atoms with Gasteiger partial charge in [-0.1, -0.05) is 11.8 Å². The molecule has 98 valence electrons. The van der Waals surface area contributed by atoms with Crippen molar-refractivity contribution in [2.45, 2.75) is 40.2 Å². The van der Waals surface area contributed by atoms with Crippen molar-refractivity contribution in [3.63, 3.8) is 0 Å². The fourth-order valence-corrected chi connectivity index (χ4v) is 2.89. The van der Waals surface area contributed by atoms with Crippen LogP contribution in [0.4, 0.5) is 0 Å². The highest BCUT2D eigenvalue weighted by atomic mass is 32.2. The van der Waals surface area contributed by atoms with E-state index in [0.717, 1.165) is 0 Å². The Morgan fingerprint density at radius 2 is 1.41 bits per heavy atom. The molecule has 0 saturated carbocycles. The summed E-state index contributed by atoms with van der Waals surface area (Å²) in [6.07, 6.45) is 0. The maximum atomic E-state index is 11.4. The van der Waals surface area contributed by atoms with Crippen LogP contribution >= 0.6 is 0 Å². The Morgan fingerprint density at radius 1 is 0.941 bits per heavy atom. The van der Waals surface area contributed by atoms with Crippen molar-refractivity contribution in [3.05, 3.63) is 0 Å². The van der Waals surface area contributed by atoms with E-state index >= 15 is 0 Å². The first-order valence-corrected chi connectivity index (χ1v) is 7.84. The van der Waals surface area contributed by atoms with Gasteiger partial charge in [0.2, 0.25) is 0 Å². The minimum atomic E-state index is -2.81. The normalized spacial score (nSPS) is 21.7. The molecule has 3 nitrogen and oxygen atoms in total. The molecule has 0 atom stereocenters. The minimum absolute atomic E-state index is 0.0147. The molecule has 0 aromatic rings. The van der Waals surface area contributed by atoms with Crippen LogP contribution in [0.1, 0.15) is 34.6 Å². The number of hydrogen-bond acceptors (Lipinski definition) is 3. The average molecular weight is 257 g/mol. The van der Waals surface area contributed by atoms with Gasteiger partial charge < -0.3 is 0 Å². The molecule has 0 N–H and O–H groups in total. The molecule has 0 radical (unpaired) electrons. The summed E-state index contributed by atoms with van der Waals surface area (Å²) < 4.78 is 22.8. The van der Waals surface area contributed by atoms with Crippen LogP contribution in [-0.2, 0) is 9.84 Å². The number of nitrogens with zero attached hydrogens (tertiary/aromatic N) is 1. The molecule has 1 rings (SSSR count). The summed E-state index contributed by atoms with van der Waals surface area (Å²) in [6, 6.07) is 0. The topological polar surface area (TPSA) is 37.4 Å². The van der Waals surface area contributed by atoms with Crippen molar-refractivity contribution in [2.75, 3.05) is 24.6 Å². The molecule has 0 bridgehead atoms. The number of rotatable bonds is 1. The third-order valence-electron chi connectivity index (χ3n) is 2.88. The van der Waals surface area contributed by atoms with Crippen molar-refractivity contribution in [3.8, 4) is 11.8 Å². The van der Waals surface area contributed by atoms with Crippen LogP contribution in [0.2, 0.25) is 0 Å². The molecule has 0 aromatic carbocycles.